The van der Waals surface area contributed by atoms with E-state index in [9.17, 15) is 4.79 Å². The monoisotopic (exact) mass is 144 g/mol. The van der Waals surface area contributed by atoms with E-state index in [1.165, 1.54) is 7.11 Å². The molecular formula is C7H12O3. The predicted octanol–water partition coefficient (Wildman–Crippen LogP) is 0.752. The van der Waals surface area contributed by atoms with E-state index in [0.29, 0.717) is 6.61 Å². The molecule has 0 aromatic carbocycles. The van der Waals surface area contributed by atoms with Gasteiger partial charge in [0.1, 0.15) is 0 Å². The summed E-state index contributed by atoms with van der Waals surface area (Å²) in [6.07, 6.45) is 0.240. The SMILES string of the molecule is C=C(COC)CC(=O)OC. The van der Waals surface area contributed by atoms with Crippen LogP contribution >= 0.6 is 0 Å². The zero-order valence-corrected chi connectivity index (χ0v) is 6.35. The third kappa shape index (κ3) is 4.09. The summed E-state index contributed by atoms with van der Waals surface area (Å²) in [6, 6.07) is 0. The number of carbonyl (C=O) groups is 1. The van der Waals surface area contributed by atoms with E-state index in [1.807, 2.05) is 0 Å². The zero-order valence-electron chi connectivity index (χ0n) is 6.35. The molecule has 0 radical (unpaired) electrons. The van der Waals surface area contributed by atoms with Crippen LogP contribution in [-0.4, -0.2) is 26.8 Å². The number of hydrogen-bond donors (Lipinski definition) is 0. The van der Waals surface area contributed by atoms with Crippen LogP contribution < -0.4 is 0 Å². The van der Waals surface area contributed by atoms with E-state index >= 15 is 0 Å². The van der Waals surface area contributed by atoms with E-state index < -0.39 is 0 Å². The summed E-state index contributed by atoms with van der Waals surface area (Å²) in [5.41, 5.74) is 0.731. The quantitative estimate of drug-likeness (QED) is 0.431. The lowest BCUT2D eigenvalue weighted by molar-refractivity contribution is -0.139. The third-order valence-corrected chi connectivity index (χ3v) is 0.970. The Morgan fingerprint density at radius 1 is 1.50 bits per heavy atom. The van der Waals surface area contributed by atoms with Gasteiger partial charge in [-0.1, -0.05) is 6.58 Å². The first-order chi connectivity index (χ1) is 4.70. The molecule has 3 nitrogen and oxygen atoms in total. The van der Waals surface area contributed by atoms with Crippen molar-refractivity contribution >= 4 is 5.97 Å². The van der Waals surface area contributed by atoms with Crippen LogP contribution in [0, 0.1) is 0 Å². The topological polar surface area (TPSA) is 35.5 Å². The summed E-state index contributed by atoms with van der Waals surface area (Å²) < 4.78 is 9.15. The summed E-state index contributed by atoms with van der Waals surface area (Å²) in [5.74, 6) is -0.276. The van der Waals surface area contributed by atoms with Crippen molar-refractivity contribution in [3.8, 4) is 0 Å². The van der Waals surface area contributed by atoms with Gasteiger partial charge in [-0.05, 0) is 5.57 Å². The largest absolute Gasteiger partial charge is 0.469 e. The van der Waals surface area contributed by atoms with Crippen molar-refractivity contribution in [3.63, 3.8) is 0 Å². The van der Waals surface area contributed by atoms with E-state index in [1.54, 1.807) is 7.11 Å². The molecule has 10 heavy (non-hydrogen) atoms. The average Bonchev–Trinajstić information content (AvgIpc) is 1.88. The van der Waals surface area contributed by atoms with Crippen LogP contribution in [0.3, 0.4) is 0 Å². The third-order valence-electron chi connectivity index (χ3n) is 0.970. The number of methoxy groups -OCH3 is 2. The number of hydrogen-bond acceptors (Lipinski definition) is 3. The summed E-state index contributed by atoms with van der Waals surface area (Å²) in [6.45, 7) is 4.02. The van der Waals surface area contributed by atoms with Crippen molar-refractivity contribution in [2.75, 3.05) is 20.8 Å². The number of carbonyl (C=O) groups excluding carboxylic acids is 1. The van der Waals surface area contributed by atoms with Crippen molar-refractivity contribution in [2.45, 2.75) is 6.42 Å². The maximum atomic E-state index is 10.6. The molecule has 0 aromatic rings. The highest BCUT2D eigenvalue weighted by Crippen LogP contribution is 1.98. The summed E-state index contributed by atoms with van der Waals surface area (Å²) in [7, 11) is 2.91. The van der Waals surface area contributed by atoms with Gasteiger partial charge in [-0.3, -0.25) is 4.79 Å². The molecule has 3 heteroatoms. The number of rotatable bonds is 4. The van der Waals surface area contributed by atoms with Gasteiger partial charge in [0.15, 0.2) is 0 Å². The number of esters is 1. The molecule has 0 saturated carbocycles. The Hall–Kier alpha value is -0.830. The van der Waals surface area contributed by atoms with Crippen LogP contribution in [0.15, 0.2) is 12.2 Å². The molecule has 0 bridgehead atoms. The van der Waals surface area contributed by atoms with E-state index in [0.717, 1.165) is 5.57 Å². The minimum atomic E-state index is -0.276. The summed E-state index contributed by atoms with van der Waals surface area (Å²) in [5, 5.41) is 0. The second kappa shape index (κ2) is 4.99. The second-order valence-electron chi connectivity index (χ2n) is 1.94. The fourth-order valence-corrected chi connectivity index (χ4v) is 0.531. The highest BCUT2D eigenvalue weighted by Gasteiger charge is 2.01. The molecule has 0 aliphatic carbocycles. The lowest BCUT2D eigenvalue weighted by atomic mass is 10.2. The van der Waals surface area contributed by atoms with Gasteiger partial charge in [0.25, 0.3) is 0 Å². The van der Waals surface area contributed by atoms with Crippen LogP contribution in [0.4, 0.5) is 0 Å². The van der Waals surface area contributed by atoms with Crippen molar-refractivity contribution < 1.29 is 14.3 Å². The Bertz CT molecular complexity index is 129. The molecule has 0 atom stereocenters. The molecule has 0 aromatic heterocycles. The first-order valence-electron chi connectivity index (χ1n) is 2.93. The van der Waals surface area contributed by atoms with Gasteiger partial charge in [-0.25, -0.2) is 0 Å². The molecule has 0 rings (SSSR count). The van der Waals surface area contributed by atoms with Gasteiger partial charge in [0.2, 0.25) is 0 Å². The lowest BCUT2D eigenvalue weighted by Crippen LogP contribution is -2.04. The molecule has 0 spiro atoms. The fourth-order valence-electron chi connectivity index (χ4n) is 0.531. The summed E-state index contributed by atoms with van der Waals surface area (Å²) in [4.78, 5) is 10.6. The van der Waals surface area contributed by atoms with Gasteiger partial charge < -0.3 is 9.47 Å². The maximum Gasteiger partial charge on any atom is 0.309 e. The smallest absolute Gasteiger partial charge is 0.309 e. The lowest BCUT2D eigenvalue weighted by Gasteiger charge is -2.01. The highest BCUT2D eigenvalue weighted by molar-refractivity contribution is 5.72. The van der Waals surface area contributed by atoms with Crippen molar-refractivity contribution in [2.24, 2.45) is 0 Å². The van der Waals surface area contributed by atoms with Crippen molar-refractivity contribution in [3.05, 3.63) is 12.2 Å². The van der Waals surface area contributed by atoms with Gasteiger partial charge in [0.05, 0.1) is 20.1 Å². The average molecular weight is 144 g/mol. The molecule has 0 N–H and O–H groups in total. The summed E-state index contributed by atoms with van der Waals surface area (Å²) >= 11 is 0. The maximum absolute atomic E-state index is 10.6. The minimum Gasteiger partial charge on any atom is -0.469 e. The van der Waals surface area contributed by atoms with E-state index in [-0.39, 0.29) is 12.4 Å². The van der Waals surface area contributed by atoms with Gasteiger partial charge in [-0.2, -0.15) is 0 Å². The van der Waals surface area contributed by atoms with Crippen LogP contribution in [0.1, 0.15) is 6.42 Å². The minimum absolute atomic E-state index is 0.240. The standard InChI is InChI=1S/C7H12O3/c1-6(5-9-2)4-7(8)10-3/h1,4-5H2,2-3H3. The van der Waals surface area contributed by atoms with Gasteiger partial charge in [0, 0.05) is 7.11 Å². The number of ether oxygens (including phenoxy) is 2. The molecule has 0 aliphatic rings. The molecule has 58 valence electrons. The molecule has 0 amide bonds. The second-order valence-corrected chi connectivity index (χ2v) is 1.94. The first kappa shape index (κ1) is 9.17. The molecule has 0 saturated heterocycles. The molecule has 0 heterocycles. The van der Waals surface area contributed by atoms with Gasteiger partial charge >= 0.3 is 5.97 Å². The van der Waals surface area contributed by atoms with E-state index in [4.69, 9.17) is 4.74 Å². The Kier molecular flexibility index (Phi) is 4.58. The predicted molar refractivity (Wildman–Crippen MR) is 37.6 cm³/mol. The normalized spacial score (nSPS) is 9.00. The fraction of sp³-hybridized carbons (Fsp3) is 0.571. The Morgan fingerprint density at radius 3 is 2.50 bits per heavy atom. The Morgan fingerprint density at radius 2 is 2.10 bits per heavy atom. The zero-order chi connectivity index (χ0) is 7.98. The first-order valence-corrected chi connectivity index (χ1v) is 2.93. The van der Waals surface area contributed by atoms with Crippen LogP contribution in [0.2, 0.25) is 0 Å². The van der Waals surface area contributed by atoms with E-state index in [2.05, 4.69) is 11.3 Å². The Balaban J connectivity index is 3.47. The van der Waals surface area contributed by atoms with Crippen LogP contribution in [0.5, 0.6) is 0 Å². The molecular weight excluding hydrogens is 132 g/mol. The van der Waals surface area contributed by atoms with Crippen molar-refractivity contribution in [1.82, 2.24) is 0 Å². The van der Waals surface area contributed by atoms with Crippen LogP contribution in [0.25, 0.3) is 0 Å². The molecule has 0 fully saturated rings. The van der Waals surface area contributed by atoms with Crippen LogP contribution in [-0.2, 0) is 14.3 Å². The molecule has 0 aliphatic heterocycles. The van der Waals surface area contributed by atoms with Crippen molar-refractivity contribution in [1.29, 1.82) is 0 Å². The molecule has 0 unspecified atom stereocenters. The van der Waals surface area contributed by atoms with Gasteiger partial charge in [-0.15, -0.1) is 0 Å². The Labute approximate surface area is 60.6 Å². The highest BCUT2D eigenvalue weighted by atomic mass is 16.5.